The van der Waals surface area contributed by atoms with E-state index in [1.807, 2.05) is 0 Å². The second-order valence-electron chi connectivity index (χ2n) is 5.76. The molecule has 1 saturated heterocycles. The second kappa shape index (κ2) is 7.15. The molecule has 2 rings (SSSR count). The number of nitrogens with one attached hydrogen (secondary N) is 1. The molecule has 2 atom stereocenters. The van der Waals surface area contributed by atoms with Crippen molar-refractivity contribution >= 4 is 0 Å². The van der Waals surface area contributed by atoms with Gasteiger partial charge in [-0.25, -0.2) is 0 Å². The summed E-state index contributed by atoms with van der Waals surface area (Å²) in [5, 5.41) is 13.0. The van der Waals surface area contributed by atoms with Crippen molar-refractivity contribution < 1.29 is 18.6 Å². The molecule has 1 aromatic carbocycles. The lowest BCUT2D eigenvalue weighted by Crippen LogP contribution is -2.53. The predicted molar refractivity (Wildman–Crippen MR) is 76.2 cm³/mol. The van der Waals surface area contributed by atoms with Crippen molar-refractivity contribution in [1.82, 2.24) is 10.2 Å². The van der Waals surface area contributed by atoms with Crippen LogP contribution in [0.1, 0.15) is 25.5 Å². The van der Waals surface area contributed by atoms with E-state index in [1.165, 1.54) is 6.07 Å². The second-order valence-corrected chi connectivity index (χ2v) is 5.76. The van der Waals surface area contributed by atoms with Crippen LogP contribution in [-0.2, 0) is 0 Å². The van der Waals surface area contributed by atoms with Crippen LogP contribution in [0.3, 0.4) is 0 Å². The van der Waals surface area contributed by atoms with Gasteiger partial charge in [0.15, 0.2) is 0 Å². The molecule has 1 aromatic rings. The Morgan fingerprint density at radius 3 is 2.71 bits per heavy atom. The molecule has 2 N–H and O–H groups in total. The molecule has 1 fully saturated rings. The van der Waals surface area contributed by atoms with Gasteiger partial charge in [0.1, 0.15) is 12.0 Å². The zero-order valence-electron chi connectivity index (χ0n) is 12.3. The summed E-state index contributed by atoms with van der Waals surface area (Å²) >= 11 is 0. The van der Waals surface area contributed by atoms with Gasteiger partial charge in [0, 0.05) is 25.2 Å². The number of aliphatic hydroxyl groups is 1. The number of hydrogen-bond acceptors (Lipinski definition) is 4. The van der Waals surface area contributed by atoms with Gasteiger partial charge in [0.2, 0.25) is 0 Å². The first-order valence-electron chi connectivity index (χ1n) is 7.16. The van der Waals surface area contributed by atoms with E-state index in [2.05, 4.69) is 28.8 Å². The van der Waals surface area contributed by atoms with Crippen molar-refractivity contribution in [3.05, 3.63) is 29.8 Å². The summed E-state index contributed by atoms with van der Waals surface area (Å²) in [7, 11) is 0. The maximum atomic E-state index is 12.5. The van der Waals surface area contributed by atoms with E-state index < -0.39 is 12.8 Å². The third-order valence-corrected chi connectivity index (χ3v) is 3.40. The van der Waals surface area contributed by atoms with Gasteiger partial charge in [-0.2, -0.15) is 8.78 Å². The minimum Gasteiger partial charge on any atom is -0.434 e. The minimum absolute atomic E-state index is 0.156. The van der Waals surface area contributed by atoms with Crippen LogP contribution >= 0.6 is 0 Å². The molecular formula is C15H22F2N2O2. The van der Waals surface area contributed by atoms with E-state index in [0.29, 0.717) is 24.6 Å². The molecule has 0 amide bonds. The van der Waals surface area contributed by atoms with E-state index >= 15 is 0 Å². The lowest BCUT2D eigenvalue weighted by molar-refractivity contribution is -0.0514. The summed E-state index contributed by atoms with van der Waals surface area (Å²) in [5.74, 6) is 0.632. The highest BCUT2D eigenvalue weighted by Gasteiger charge is 2.28. The fourth-order valence-corrected chi connectivity index (χ4v) is 2.74. The van der Waals surface area contributed by atoms with Crippen LogP contribution in [0, 0.1) is 5.92 Å². The van der Waals surface area contributed by atoms with Crippen LogP contribution in [0.2, 0.25) is 0 Å². The van der Waals surface area contributed by atoms with Crippen LogP contribution in [0.4, 0.5) is 8.78 Å². The molecule has 0 saturated carbocycles. The summed E-state index contributed by atoms with van der Waals surface area (Å²) in [5.41, 5.74) is 0.644. The Hall–Kier alpha value is -1.24. The molecule has 1 heterocycles. The summed E-state index contributed by atoms with van der Waals surface area (Å²) in [4.78, 5) is 2.13. The first kappa shape index (κ1) is 16.1. The third kappa shape index (κ3) is 4.62. The molecular weight excluding hydrogens is 278 g/mol. The molecule has 1 aliphatic heterocycles. The Morgan fingerprint density at radius 2 is 2.05 bits per heavy atom. The number of ether oxygens (including phenoxy) is 1. The topological polar surface area (TPSA) is 44.7 Å². The first-order valence-corrected chi connectivity index (χ1v) is 7.16. The molecule has 0 radical (unpaired) electrons. The Morgan fingerprint density at radius 1 is 1.33 bits per heavy atom. The molecule has 118 valence electrons. The van der Waals surface area contributed by atoms with Crippen LogP contribution in [0.25, 0.3) is 0 Å². The van der Waals surface area contributed by atoms with E-state index in [0.717, 1.165) is 6.54 Å². The van der Waals surface area contributed by atoms with Crippen molar-refractivity contribution in [3.63, 3.8) is 0 Å². The van der Waals surface area contributed by atoms with Crippen molar-refractivity contribution in [2.45, 2.75) is 32.7 Å². The quantitative estimate of drug-likeness (QED) is 0.875. The molecule has 4 nitrogen and oxygen atoms in total. The molecule has 0 bridgehead atoms. The average molecular weight is 300 g/mol. The van der Waals surface area contributed by atoms with Crippen molar-refractivity contribution in [2.24, 2.45) is 5.92 Å². The number of β-amino-alcohol motifs (C(OH)–C–C–N with tert-alkyl or cyclic N) is 1. The van der Waals surface area contributed by atoms with E-state index in [-0.39, 0.29) is 11.8 Å². The third-order valence-electron chi connectivity index (χ3n) is 3.40. The number of halogens is 2. The molecule has 2 unspecified atom stereocenters. The van der Waals surface area contributed by atoms with Gasteiger partial charge in [-0.15, -0.1) is 0 Å². The lowest BCUT2D eigenvalue weighted by Gasteiger charge is -2.38. The predicted octanol–water partition coefficient (Wildman–Crippen LogP) is 2.21. The summed E-state index contributed by atoms with van der Waals surface area (Å²) in [6.07, 6.45) is -0.679. The Labute approximate surface area is 123 Å². The molecule has 0 aliphatic carbocycles. The number of alkyl halides is 2. The van der Waals surface area contributed by atoms with Gasteiger partial charge < -0.3 is 9.84 Å². The van der Waals surface area contributed by atoms with Gasteiger partial charge in [0.25, 0.3) is 0 Å². The molecule has 0 aromatic heterocycles. The van der Waals surface area contributed by atoms with E-state index in [1.54, 1.807) is 18.2 Å². The number of para-hydroxylation sites is 1. The van der Waals surface area contributed by atoms with E-state index in [4.69, 9.17) is 0 Å². The average Bonchev–Trinajstić information content (AvgIpc) is 2.37. The SMILES string of the molecule is CC(C)CN1CC(O)NC(c2ccccc2OC(F)F)C1. The lowest BCUT2D eigenvalue weighted by atomic mass is 10.0. The van der Waals surface area contributed by atoms with Gasteiger partial charge in [-0.1, -0.05) is 32.0 Å². The van der Waals surface area contributed by atoms with Gasteiger partial charge >= 0.3 is 6.61 Å². The van der Waals surface area contributed by atoms with Crippen LogP contribution in [0.15, 0.2) is 24.3 Å². The summed E-state index contributed by atoms with van der Waals surface area (Å²) < 4.78 is 29.6. The number of benzene rings is 1. The monoisotopic (exact) mass is 300 g/mol. The van der Waals surface area contributed by atoms with Crippen molar-refractivity contribution in [3.8, 4) is 5.75 Å². The maximum absolute atomic E-state index is 12.5. The van der Waals surface area contributed by atoms with Gasteiger partial charge in [-0.3, -0.25) is 10.2 Å². The summed E-state index contributed by atoms with van der Waals surface area (Å²) in [6, 6.07) is 6.48. The number of nitrogens with zero attached hydrogens (tertiary/aromatic N) is 1. The molecule has 6 heteroatoms. The number of aliphatic hydroxyl groups excluding tert-OH is 1. The molecule has 1 aliphatic rings. The van der Waals surface area contributed by atoms with Gasteiger partial charge in [0.05, 0.1) is 6.04 Å². The maximum Gasteiger partial charge on any atom is 0.387 e. The van der Waals surface area contributed by atoms with Crippen LogP contribution < -0.4 is 10.1 Å². The molecule has 21 heavy (non-hydrogen) atoms. The zero-order chi connectivity index (χ0) is 15.4. The number of rotatable bonds is 5. The van der Waals surface area contributed by atoms with Crippen LogP contribution in [0.5, 0.6) is 5.75 Å². The highest BCUT2D eigenvalue weighted by Crippen LogP contribution is 2.29. The Kier molecular flexibility index (Phi) is 5.50. The van der Waals surface area contributed by atoms with Crippen molar-refractivity contribution in [2.75, 3.05) is 19.6 Å². The smallest absolute Gasteiger partial charge is 0.387 e. The summed E-state index contributed by atoms with van der Waals surface area (Å²) in [6.45, 7) is 3.40. The Bertz CT molecular complexity index is 455. The van der Waals surface area contributed by atoms with Crippen LogP contribution in [-0.4, -0.2) is 42.5 Å². The van der Waals surface area contributed by atoms with E-state index in [9.17, 15) is 13.9 Å². The van der Waals surface area contributed by atoms with Crippen molar-refractivity contribution in [1.29, 1.82) is 0 Å². The number of piperazine rings is 1. The molecule has 0 spiro atoms. The zero-order valence-corrected chi connectivity index (χ0v) is 12.3. The fraction of sp³-hybridized carbons (Fsp3) is 0.600. The normalized spacial score (nSPS) is 23.8. The number of hydrogen-bond donors (Lipinski definition) is 2. The first-order chi connectivity index (χ1) is 9.95. The minimum atomic E-state index is -2.86. The highest BCUT2D eigenvalue weighted by atomic mass is 19.3. The highest BCUT2D eigenvalue weighted by molar-refractivity contribution is 5.36. The fourth-order valence-electron chi connectivity index (χ4n) is 2.74. The standard InChI is InChI=1S/C15H22F2N2O2/c1-10(2)7-19-8-12(18-14(20)9-19)11-5-3-4-6-13(11)21-15(16)17/h3-6,10,12,14-15,18,20H,7-9H2,1-2H3. The largest absolute Gasteiger partial charge is 0.434 e. The Balaban J connectivity index is 2.16. The van der Waals surface area contributed by atoms with Gasteiger partial charge in [-0.05, 0) is 12.0 Å².